The molecule has 39 heavy (non-hydrogen) atoms. The van der Waals surface area contributed by atoms with Crippen LogP contribution in [0.25, 0.3) is 11.1 Å². The first kappa shape index (κ1) is 29.5. The molecule has 3 rings (SSSR count). The SMILES string of the molecule is CCCNc1cc(-c2ccc(OCCN(C[C@H](O)c3ccccc3)C(=O)O)cc2)ccc1C(=O)NS(C)(=O)=O. The first-order valence-electron chi connectivity index (χ1n) is 12.4. The monoisotopic (exact) mass is 555 g/mol. The quantitative estimate of drug-likeness (QED) is 0.248. The van der Waals surface area contributed by atoms with Crippen LogP contribution in [0.1, 0.15) is 35.4 Å². The molecule has 0 aliphatic rings. The molecule has 208 valence electrons. The normalized spacial score (nSPS) is 11.9. The van der Waals surface area contributed by atoms with Crippen LogP contribution in [0.4, 0.5) is 10.5 Å². The van der Waals surface area contributed by atoms with Gasteiger partial charge in [0.25, 0.3) is 5.91 Å². The van der Waals surface area contributed by atoms with Crippen molar-refractivity contribution in [2.24, 2.45) is 0 Å². The molecule has 1 atom stereocenters. The van der Waals surface area contributed by atoms with E-state index in [4.69, 9.17) is 4.74 Å². The minimum absolute atomic E-state index is 0.0739. The number of carbonyl (C=O) groups is 2. The average Bonchev–Trinajstić information content (AvgIpc) is 2.91. The molecule has 3 aromatic rings. The molecule has 3 aromatic carbocycles. The Kier molecular flexibility index (Phi) is 10.3. The number of anilines is 1. The largest absolute Gasteiger partial charge is 0.492 e. The number of carboxylic acid groups (broad SMARTS) is 1. The van der Waals surface area contributed by atoms with Crippen LogP contribution in [-0.4, -0.2) is 68.0 Å². The Bertz CT molecular complexity index is 1360. The van der Waals surface area contributed by atoms with Gasteiger partial charge in [-0.25, -0.2) is 17.9 Å². The van der Waals surface area contributed by atoms with Crippen molar-refractivity contribution in [1.82, 2.24) is 9.62 Å². The van der Waals surface area contributed by atoms with Crippen molar-refractivity contribution in [2.45, 2.75) is 19.4 Å². The number of nitrogens with one attached hydrogen (secondary N) is 2. The molecule has 0 aliphatic carbocycles. The lowest BCUT2D eigenvalue weighted by molar-refractivity contribution is 0.0894. The van der Waals surface area contributed by atoms with Crippen LogP contribution in [0.2, 0.25) is 0 Å². The maximum Gasteiger partial charge on any atom is 0.407 e. The minimum atomic E-state index is -3.70. The van der Waals surface area contributed by atoms with E-state index in [9.17, 15) is 28.2 Å². The van der Waals surface area contributed by atoms with Gasteiger partial charge in [0.2, 0.25) is 10.0 Å². The summed E-state index contributed by atoms with van der Waals surface area (Å²) in [5.74, 6) is -0.167. The Balaban J connectivity index is 1.64. The van der Waals surface area contributed by atoms with E-state index in [-0.39, 0.29) is 25.3 Å². The molecule has 4 N–H and O–H groups in total. The van der Waals surface area contributed by atoms with Crippen molar-refractivity contribution in [3.8, 4) is 16.9 Å². The van der Waals surface area contributed by atoms with Crippen LogP contribution in [0.15, 0.2) is 72.8 Å². The number of carbonyl (C=O) groups excluding carboxylic acids is 1. The first-order chi connectivity index (χ1) is 18.6. The molecule has 2 amide bonds. The van der Waals surface area contributed by atoms with Crippen LogP contribution < -0.4 is 14.8 Å². The first-order valence-corrected chi connectivity index (χ1v) is 14.3. The van der Waals surface area contributed by atoms with Gasteiger partial charge in [-0.05, 0) is 47.4 Å². The lowest BCUT2D eigenvalue weighted by Gasteiger charge is -2.22. The van der Waals surface area contributed by atoms with Gasteiger partial charge in [-0.1, -0.05) is 55.5 Å². The number of amides is 2. The molecule has 0 fully saturated rings. The zero-order valence-corrected chi connectivity index (χ0v) is 22.6. The summed E-state index contributed by atoms with van der Waals surface area (Å²) in [5, 5.41) is 23.0. The molecule has 0 spiro atoms. The highest BCUT2D eigenvalue weighted by Crippen LogP contribution is 2.28. The molecular weight excluding hydrogens is 522 g/mol. The van der Waals surface area contributed by atoms with E-state index >= 15 is 0 Å². The Morgan fingerprint density at radius 3 is 2.28 bits per heavy atom. The van der Waals surface area contributed by atoms with Crippen molar-refractivity contribution in [3.05, 3.63) is 83.9 Å². The van der Waals surface area contributed by atoms with Gasteiger partial charge in [-0.3, -0.25) is 4.79 Å². The van der Waals surface area contributed by atoms with Gasteiger partial charge in [0.15, 0.2) is 0 Å². The van der Waals surface area contributed by atoms with Crippen molar-refractivity contribution in [3.63, 3.8) is 0 Å². The molecule has 0 heterocycles. The van der Waals surface area contributed by atoms with Crippen LogP contribution in [0.5, 0.6) is 5.75 Å². The third-order valence-corrected chi connectivity index (χ3v) is 6.33. The molecule has 0 radical (unpaired) electrons. The van der Waals surface area contributed by atoms with Crippen LogP contribution in [-0.2, 0) is 10.0 Å². The molecule has 0 aromatic heterocycles. The summed E-state index contributed by atoms with van der Waals surface area (Å²) in [6.07, 6.45) is -0.351. The summed E-state index contributed by atoms with van der Waals surface area (Å²) in [5.41, 5.74) is 3.02. The lowest BCUT2D eigenvalue weighted by atomic mass is 10.0. The van der Waals surface area contributed by atoms with Crippen LogP contribution >= 0.6 is 0 Å². The second kappa shape index (κ2) is 13.6. The number of nitrogens with zero attached hydrogens (tertiary/aromatic N) is 1. The maximum atomic E-state index is 12.5. The Hall–Kier alpha value is -4.09. The zero-order valence-electron chi connectivity index (χ0n) is 21.8. The van der Waals surface area contributed by atoms with Gasteiger partial charge in [-0.15, -0.1) is 0 Å². The summed E-state index contributed by atoms with van der Waals surface area (Å²) in [7, 11) is -3.70. The summed E-state index contributed by atoms with van der Waals surface area (Å²) >= 11 is 0. The molecule has 0 saturated heterocycles. The predicted octanol–water partition coefficient (Wildman–Crippen LogP) is 3.96. The molecule has 0 bridgehead atoms. The standard InChI is InChI=1S/C28H33N3O7S/c1-3-15-29-25-18-22(11-14-24(25)27(33)30-39(2,36)37)20-9-12-23(13-10-20)38-17-16-31(28(34)35)19-26(32)21-7-5-4-6-8-21/h4-14,18,26,29,32H,3,15-17,19H2,1-2H3,(H,30,33)(H,34,35)/t26-/m0/s1. The van der Waals surface area contributed by atoms with Gasteiger partial charge in [-0.2, -0.15) is 0 Å². The van der Waals surface area contributed by atoms with E-state index in [0.29, 0.717) is 23.5 Å². The van der Waals surface area contributed by atoms with Crippen LogP contribution in [0, 0.1) is 0 Å². The fourth-order valence-corrected chi connectivity index (χ4v) is 4.27. The topological polar surface area (TPSA) is 145 Å². The second-order valence-corrected chi connectivity index (χ2v) is 10.7. The highest BCUT2D eigenvalue weighted by Gasteiger charge is 2.18. The number of sulfonamides is 1. The molecular formula is C28H33N3O7S. The summed E-state index contributed by atoms with van der Waals surface area (Å²) < 4.78 is 30.7. The van der Waals surface area contributed by atoms with Gasteiger partial charge in [0, 0.05) is 12.2 Å². The molecule has 11 heteroatoms. The van der Waals surface area contributed by atoms with E-state index in [1.54, 1.807) is 54.6 Å². The number of aliphatic hydroxyl groups excluding tert-OH is 1. The van der Waals surface area contributed by atoms with Crippen molar-refractivity contribution in [2.75, 3.05) is 37.8 Å². The predicted molar refractivity (Wildman–Crippen MR) is 149 cm³/mol. The lowest BCUT2D eigenvalue weighted by Crippen LogP contribution is -2.36. The molecule has 0 unspecified atom stereocenters. The number of hydrogen-bond donors (Lipinski definition) is 4. The minimum Gasteiger partial charge on any atom is -0.492 e. The van der Waals surface area contributed by atoms with E-state index in [0.717, 1.165) is 28.7 Å². The van der Waals surface area contributed by atoms with E-state index in [1.165, 1.54) is 0 Å². The smallest absolute Gasteiger partial charge is 0.407 e. The Morgan fingerprint density at radius 2 is 1.67 bits per heavy atom. The summed E-state index contributed by atoms with van der Waals surface area (Å²) in [6.45, 7) is 2.68. The van der Waals surface area contributed by atoms with Gasteiger partial charge >= 0.3 is 6.09 Å². The number of aliphatic hydroxyl groups is 1. The summed E-state index contributed by atoms with van der Waals surface area (Å²) in [6, 6.07) is 21.1. The number of ether oxygens (including phenoxy) is 1. The fraction of sp³-hybridized carbons (Fsp3) is 0.286. The van der Waals surface area contributed by atoms with Crippen molar-refractivity contribution >= 4 is 27.7 Å². The van der Waals surface area contributed by atoms with Gasteiger partial charge in [0.1, 0.15) is 12.4 Å². The van der Waals surface area contributed by atoms with Gasteiger partial charge in [0.05, 0.1) is 31.0 Å². The number of hydrogen-bond acceptors (Lipinski definition) is 7. The van der Waals surface area contributed by atoms with Crippen molar-refractivity contribution < 1.29 is 33.0 Å². The highest BCUT2D eigenvalue weighted by molar-refractivity contribution is 7.89. The average molecular weight is 556 g/mol. The number of benzene rings is 3. The third kappa shape index (κ3) is 9.01. The molecule has 0 aliphatic heterocycles. The van der Waals surface area contributed by atoms with E-state index < -0.39 is 28.1 Å². The van der Waals surface area contributed by atoms with Crippen LogP contribution in [0.3, 0.4) is 0 Å². The maximum absolute atomic E-state index is 12.5. The molecule has 10 nitrogen and oxygen atoms in total. The number of rotatable bonds is 13. The van der Waals surface area contributed by atoms with Gasteiger partial charge < -0.3 is 25.2 Å². The zero-order chi connectivity index (χ0) is 28.4. The fourth-order valence-electron chi connectivity index (χ4n) is 3.82. The molecule has 0 saturated carbocycles. The second-order valence-electron chi connectivity index (χ2n) is 8.92. The Morgan fingerprint density at radius 1 is 1.00 bits per heavy atom. The third-order valence-electron chi connectivity index (χ3n) is 5.77. The van der Waals surface area contributed by atoms with E-state index in [2.05, 4.69) is 5.32 Å². The summed E-state index contributed by atoms with van der Waals surface area (Å²) in [4.78, 5) is 25.2. The highest BCUT2D eigenvalue weighted by atomic mass is 32.2. The van der Waals surface area contributed by atoms with Crippen molar-refractivity contribution in [1.29, 1.82) is 0 Å². The Labute approximate surface area is 228 Å². The van der Waals surface area contributed by atoms with E-state index in [1.807, 2.05) is 29.8 Å².